The highest BCUT2D eigenvalue weighted by Crippen LogP contribution is 2.19. The Morgan fingerprint density at radius 3 is 2.47 bits per heavy atom. The van der Waals surface area contributed by atoms with Gasteiger partial charge in [-0.05, 0) is 37.8 Å². The van der Waals surface area contributed by atoms with E-state index in [-0.39, 0.29) is 5.91 Å². The molecular weight excluding hydrogens is 238 g/mol. The van der Waals surface area contributed by atoms with Crippen LogP contribution in [0.1, 0.15) is 50.0 Å². The molecule has 0 radical (unpaired) electrons. The van der Waals surface area contributed by atoms with E-state index in [1.54, 1.807) is 0 Å². The van der Waals surface area contributed by atoms with Gasteiger partial charge in [0, 0.05) is 19.1 Å². The molecule has 1 aliphatic carbocycles. The van der Waals surface area contributed by atoms with E-state index in [4.69, 9.17) is 0 Å². The van der Waals surface area contributed by atoms with Gasteiger partial charge in [-0.1, -0.05) is 13.8 Å². The molecule has 2 rings (SSSR count). The summed E-state index contributed by atoms with van der Waals surface area (Å²) in [4.78, 5) is 18.4. The molecule has 0 saturated heterocycles. The first-order valence-electron chi connectivity index (χ1n) is 7.26. The lowest BCUT2D eigenvalue weighted by Crippen LogP contribution is -2.27. The van der Waals surface area contributed by atoms with Crippen molar-refractivity contribution in [3.05, 3.63) is 24.0 Å². The molecule has 1 aromatic rings. The zero-order valence-electron chi connectivity index (χ0n) is 11.9. The van der Waals surface area contributed by atoms with Gasteiger partial charge < -0.3 is 10.2 Å². The number of nitrogens with zero attached hydrogens (tertiary/aromatic N) is 2. The summed E-state index contributed by atoms with van der Waals surface area (Å²) < 4.78 is 0. The van der Waals surface area contributed by atoms with Gasteiger partial charge in [-0.2, -0.15) is 0 Å². The van der Waals surface area contributed by atoms with Crippen LogP contribution in [0.3, 0.4) is 0 Å². The quantitative estimate of drug-likeness (QED) is 0.820. The Morgan fingerprint density at radius 2 is 2.00 bits per heavy atom. The van der Waals surface area contributed by atoms with Crippen molar-refractivity contribution in [2.45, 2.75) is 45.6 Å². The Balaban J connectivity index is 2.00. The Kier molecular flexibility index (Phi) is 4.77. The number of amides is 1. The molecule has 0 aliphatic heterocycles. The van der Waals surface area contributed by atoms with Crippen molar-refractivity contribution in [1.82, 2.24) is 10.3 Å². The third-order valence-electron chi connectivity index (χ3n) is 3.25. The maximum atomic E-state index is 11.8. The second-order valence-corrected chi connectivity index (χ2v) is 5.14. The van der Waals surface area contributed by atoms with Crippen LogP contribution in [0, 0.1) is 0 Å². The Morgan fingerprint density at radius 1 is 1.32 bits per heavy atom. The van der Waals surface area contributed by atoms with E-state index in [1.807, 2.05) is 18.3 Å². The monoisotopic (exact) mass is 261 g/mol. The molecule has 1 heterocycles. The van der Waals surface area contributed by atoms with E-state index in [0.717, 1.165) is 44.5 Å². The van der Waals surface area contributed by atoms with Gasteiger partial charge in [-0.15, -0.1) is 0 Å². The van der Waals surface area contributed by atoms with Crippen LogP contribution < -0.4 is 10.2 Å². The van der Waals surface area contributed by atoms with E-state index in [2.05, 4.69) is 29.0 Å². The van der Waals surface area contributed by atoms with Crippen LogP contribution in [0.25, 0.3) is 0 Å². The van der Waals surface area contributed by atoms with Crippen molar-refractivity contribution in [2.75, 3.05) is 18.0 Å². The van der Waals surface area contributed by atoms with Crippen LogP contribution in [-0.2, 0) is 0 Å². The molecular formula is C15H23N3O. The SMILES string of the molecule is CCCN(CCC)c1ccc(C(=O)NC2CC2)nc1. The van der Waals surface area contributed by atoms with Crippen LogP contribution in [-0.4, -0.2) is 30.0 Å². The smallest absolute Gasteiger partial charge is 0.270 e. The molecule has 1 aliphatic rings. The summed E-state index contributed by atoms with van der Waals surface area (Å²) in [5.41, 5.74) is 1.62. The minimum Gasteiger partial charge on any atom is -0.370 e. The van der Waals surface area contributed by atoms with Crippen molar-refractivity contribution in [2.24, 2.45) is 0 Å². The van der Waals surface area contributed by atoms with Crippen molar-refractivity contribution < 1.29 is 4.79 Å². The lowest BCUT2D eigenvalue weighted by atomic mass is 10.2. The summed E-state index contributed by atoms with van der Waals surface area (Å²) in [6.45, 7) is 6.41. The lowest BCUT2D eigenvalue weighted by Gasteiger charge is -2.23. The molecule has 1 aromatic heterocycles. The number of carbonyl (C=O) groups excluding carboxylic acids is 1. The van der Waals surface area contributed by atoms with Gasteiger partial charge in [0.1, 0.15) is 5.69 Å². The number of aromatic nitrogens is 1. The molecule has 0 atom stereocenters. The molecule has 1 N–H and O–H groups in total. The number of hydrogen-bond acceptors (Lipinski definition) is 3. The predicted octanol–water partition coefficient (Wildman–Crippen LogP) is 2.60. The Bertz CT molecular complexity index is 406. The van der Waals surface area contributed by atoms with E-state index < -0.39 is 0 Å². The zero-order chi connectivity index (χ0) is 13.7. The van der Waals surface area contributed by atoms with Crippen LogP contribution in [0.15, 0.2) is 18.3 Å². The van der Waals surface area contributed by atoms with Crippen LogP contribution >= 0.6 is 0 Å². The molecule has 0 bridgehead atoms. The highest BCUT2D eigenvalue weighted by atomic mass is 16.2. The lowest BCUT2D eigenvalue weighted by molar-refractivity contribution is 0.0946. The normalized spacial score (nSPS) is 14.2. The van der Waals surface area contributed by atoms with Gasteiger partial charge in [0.25, 0.3) is 5.91 Å². The molecule has 1 amide bonds. The van der Waals surface area contributed by atoms with E-state index in [0.29, 0.717) is 11.7 Å². The summed E-state index contributed by atoms with van der Waals surface area (Å²) in [5, 5.41) is 2.95. The zero-order valence-corrected chi connectivity index (χ0v) is 11.9. The molecule has 19 heavy (non-hydrogen) atoms. The van der Waals surface area contributed by atoms with Gasteiger partial charge in [0.15, 0.2) is 0 Å². The van der Waals surface area contributed by atoms with Gasteiger partial charge >= 0.3 is 0 Å². The first-order chi connectivity index (χ1) is 9.24. The number of anilines is 1. The van der Waals surface area contributed by atoms with Crippen molar-refractivity contribution in [1.29, 1.82) is 0 Å². The minimum atomic E-state index is -0.0495. The van der Waals surface area contributed by atoms with Gasteiger partial charge in [-0.25, -0.2) is 4.98 Å². The van der Waals surface area contributed by atoms with Crippen molar-refractivity contribution >= 4 is 11.6 Å². The summed E-state index contributed by atoms with van der Waals surface area (Å²) in [6, 6.07) is 4.21. The molecule has 1 saturated carbocycles. The second kappa shape index (κ2) is 6.55. The second-order valence-electron chi connectivity index (χ2n) is 5.14. The molecule has 0 aromatic carbocycles. The fourth-order valence-corrected chi connectivity index (χ4v) is 2.10. The predicted molar refractivity (Wildman–Crippen MR) is 77.5 cm³/mol. The third kappa shape index (κ3) is 3.94. The molecule has 0 spiro atoms. The fourth-order valence-electron chi connectivity index (χ4n) is 2.10. The van der Waals surface area contributed by atoms with Crippen molar-refractivity contribution in [3.8, 4) is 0 Å². The highest BCUT2D eigenvalue weighted by molar-refractivity contribution is 5.92. The van der Waals surface area contributed by atoms with Crippen molar-refractivity contribution in [3.63, 3.8) is 0 Å². The topological polar surface area (TPSA) is 45.2 Å². The average molecular weight is 261 g/mol. The van der Waals surface area contributed by atoms with E-state index >= 15 is 0 Å². The summed E-state index contributed by atoms with van der Waals surface area (Å²) >= 11 is 0. The average Bonchev–Trinajstić information content (AvgIpc) is 3.23. The molecule has 4 heteroatoms. The van der Waals surface area contributed by atoms with Crippen LogP contribution in [0.5, 0.6) is 0 Å². The summed E-state index contributed by atoms with van der Waals surface area (Å²) in [5.74, 6) is -0.0495. The fraction of sp³-hybridized carbons (Fsp3) is 0.600. The minimum absolute atomic E-state index is 0.0495. The standard InChI is InChI=1S/C15H23N3O/c1-3-9-18(10-4-2)13-7-8-14(16-11-13)15(19)17-12-5-6-12/h7-8,11-12H,3-6,9-10H2,1-2H3,(H,17,19). The Labute approximate surface area is 115 Å². The largest absolute Gasteiger partial charge is 0.370 e. The van der Waals surface area contributed by atoms with Gasteiger partial charge in [-0.3, -0.25) is 4.79 Å². The number of pyridine rings is 1. The third-order valence-corrected chi connectivity index (χ3v) is 3.25. The number of rotatable bonds is 7. The summed E-state index contributed by atoms with van der Waals surface area (Å²) in [6.07, 6.45) is 6.25. The maximum Gasteiger partial charge on any atom is 0.270 e. The number of hydrogen-bond donors (Lipinski definition) is 1. The molecule has 1 fully saturated rings. The van der Waals surface area contributed by atoms with Crippen LogP contribution in [0.4, 0.5) is 5.69 Å². The van der Waals surface area contributed by atoms with E-state index in [9.17, 15) is 4.79 Å². The molecule has 0 unspecified atom stereocenters. The molecule has 4 nitrogen and oxygen atoms in total. The highest BCUT2D eigenvalue weighted by Gasteiger charge is 2.24. The number of nitrogens with one attached hydrogen (secondary N) is 1. The first-order valence-corrected chi connectivity index (χ1v) is 7.26. The summed E-state index contributed by atoms with van der Waals surface area (Å²) in [7, 11) is 0. The first kappa shape index (κ1) is 13.8. The van der Waals surface area contributed by atoms with Gasteiger partial charge in [0.2, 0.25) is 0 Å². The number of carbonyl (C=O) groups is 1. The maximum absolute atomic E-state index is 11.8. The van der Waals surface area contributed by atoms with E-state index in [1.165, 1.54) is 0 Å². The Hall–Kier alpha value is -1.58. The molecule has 104 valence electrons. The van der Waals surface area contributed by atoms with Crippen LogP contribution in [0.2, 0.25) is 0 Å². The van der Waals surface area contributed by atoms with Gasteiger partial charge in [0.05, 0.1) is 11.9 Å².